The lowest BCUT2D eigenvalue weighted by molar-refractivity contribution is 0.107. The van der Waals surface area contributed by atoms with Crippen LogP contribution in [-0.2, 0) is 0 Å². The Labute approximate surface area is 93.6 Å². The van der Waals surface area contributed by atoms with Crippen LogP contribution in [0.25, 0.3) is 0 Å². The highest BCUT2D eigenvalue weighted by Gasteiger charge is 2.23. The van der Waals surface area contributed by atoms with Crippen molar-refractivity contribution >= 4 is 0 Å². The zero-order valence-electron chi connectivity index (χ0n) is 9.17. The van der Waals surface area contributed by atoms with Crippen molar-refractivity contribution in [1.82, 2.24) is 5.32 Å². The summed E-state index contributed by atoms with van der Waals surface area (Å²) in [5.41, 5.74) is 0. The second kappa shape index (κ2) is 4.78. The highest BCUT2D eigenvalue weighted by molar-refractivity contribution is 5.25. The number of hydrogen-bond acceptors (Lipinski definition) is 2. The lowest BCUT2D eigenvalue weighted by Gasteiger charge is -2.30. The molecule has 1 heterocycles. The van der Waals surface area contributed by atoms with Gasteiger partial charge in [-0.25, -0.2) is 8.78 Å². The molecule has 2 nitrogen and oxygen atoms in total. The molecule has 1 N–H and O–H groups in total. The van der Waals surface area contributed by atoms with Gasteiger partial charge in [0.05, 0.1) is 0 Å². The van der Waals surface area contributed by atoms with Crippen molar-refractivity contribution in [3.63, 3.8) is 0 Å². The number of benzene rings is 1. The summed E-state index contributed by atoms with van der Waals surface area (Å²) < 4.78 is 31.8. The smallest absolute Gasteiger partial charge is 0.165 e. The monoisotopic (exact) mass is 227 g/mol. The maximum atomic E-state index is 13.3. The van der Waals surface area contributed by atoms with Crippen molar-refractivity contribution in [2.24, 2.45) is 5.92 Å². The molecule has 1 fully saturated rings. The van der Waals surface area contributed by atoms with Crippen LogP contribution in [0, 0.1) is 17.6 Å². The number of rotatable bonds is 2. The molecule has 16 heavy (non-hydrogen) atoms. The van der Waals surface area contributed by atoms with E-state index in [1.54, 1.807) is 0 Å². The summed E-state index contributed by atoms with van der Waals surface area (Å²) in [5.74, 6) is -0.666. The van der Waals surface area contributed by atoms with Gasteiger partial charge in [0.1, 0.15) is 11.9 Å². The van der Waals surface area contributed by atoms with E-state index in [0.29, 0.717) is 5.92 Å². The van der Waals surface area contributed by atoms with Crippen molar-refractivity contribution in [3.05, 3.63) is 29.8 Å². The second-order valence-corrected chi connectivity index (χ2v) is 4.20. The Morgan fingerprint density at radius 2 is 2.19 bits per heavy atom. The Kier molecular flexibility index (Phi) is 3.39. The minimum atomic E-state index is -0.507. The molecule has 4 heteroatoms. The van der Waals surface area contributed by atoms with E-state index in [2.05, 4.69) is 5.32 Å². The van der Waals surface area contributed by atoms with Gasteiger partial charge in [-0.1, -0.05) is 6.92 Å². The fourth-order valence-electron chi connectivity index (χ4n) is 1.90. The zero-order chi connectivity index (χ0) is 11.5. The van der Waals surface area contributed by atoms with E-state index in [1.165, 1.54) is 0 Å². The topological polar surface area (TPSA) is 21.3 Å². The number of piperidine rings is 1. The van der Waals surface area contributed by atoms with Gasteiger partial charge in [-0.2, -0.15) is 0 Å². The SMILES string of the molecule is CC1CNCCC1Oc1cc(F)ccc1F. The van der Waals surface area contributed by atoms with E-state index in [-0.39, 0.29) is 11.9 Å². The molecular weight excluding hydrogens is 212 g/mol. The Morgan fingerprint density at radius 1 is 1.38 bits per heavy atom. The predicted molar refractivity (Wildman–Crippen MR) is 57.4 cm³/mol. The molecule has 88 valence electrons. The molecule has 2 rings (SSSR count). The third-order valence-electron chi connectivity index (χ3n) is 2.88. The summed E-state index contributed by atoms with van der Waals surface area (Å²) in [6.07, 6.45) is 0.773. The first-order valence-corrected chi connectivity index (χ1v) is 5.49. The lowest BCUT2D eigenvalue weighted by atomic mass is 9.98. The molecule has 0 saturated carbocycles. The maximum Gasteiger partial charge on any atom is 0.165 e. The third-order valence-corrected chi connectivity index (χ3v) is 2.88. The average molecular weight is 227 g/mol. The van der Waals surface area contributed by atoms with Crippen LogP contribution in [0.5, 0.6) is 5.75 Å². The quantitative estimate of drug-likeness (QED) is 0.837. The van der Waals surface area contributed by atoms with Crippen LogP contribution < -0.4 is 10.1 Å². The Bertz CT molecular complexity index is 370. The van der Waals surface area contributed by atoms with E-state index in [1.807, 2.05) is 6.92 Å². The molecule has 0 aliphatic carbocycles. The summed E-state index contributed by atoms with van der Waals surface area (Å²) >= 11 is 0. The summed E-state index contributed by atoms with van der Waals surface area (Å²) in [5, 5.41) is 3.23. The molecule has 1 aliphatic rings. The fourth-order valence-corrected chi connectivity index (χ4v) is 1.90. The van der Waals surface area contributed by atoms with Crippen LogP contribution in [0.1, 0.15) is 13.3 Å². The molecule has 2 atom stereocenters. The number of hydrogen-bond donors (Lipinski definition) is 1. The van der Waals surface area contributed by atoms with Gasteiger partial charge in [0.25, 0.3) is 0 Å². The minimum Gasteiger partial charge on any atom is -0.487 e. The zero-order valence-corrected chi connectivity index (χ0v) is 9.17. The van der Waals surface area contributed by atoms with Gasteiger partial charge >= 0.3 is 0 Å². The second-order valence-electron chi connectivity index (χ2n) is 4.20. The Morgan fingerprint density at radius 3 is 2.94 bits per heavy atom. The average Bonchev–Trinajstić information content (AvgIpc) is 2.27. The van der Waals surface area contributed by atoms with E-state index in [4.69, 9.17) is 4.74 Å². The molecule has 1 aromatic rings. The summed E-state index contributed by atoms with van der Waals surface area (Å²) in [4.78, 5) is 0. The normalized spacial score (nSPS) is 25.4. The lowest BCUT2D eigenvalue weighted by Crippen LogP contribution is -2.41. The van der Waals surface area contributed by atoms with Crippen LogP contribution in [0.3, 0.4) is 0 Å². The standard InChI is InChI=1S/C12H15F2NO/c1-8-7-15-5-4-11(8)16-12-6-9(13)2-3-10(12)14/h2-3,6,8,11,15H,4-5,7H2,1H3. The molecule has 1 aliphatic heterocycles. The fraction of sp³-hybridized carbons (Fsp3) is 0.500. The van der Waals surface area contributed by atoms with Crippen LogP contribution in [-0.4, -0.2) is 19.2 Å². The summed E-state index contributed by atoms with van der Waals surface area (Å²) in [7, 11) is 0. The molecule has 0 bridgehead atoms. The Hall–Kier alpha value is -1.16. The first-order chi connectivity index (χ1) is 7.66. The molecule has 0 aromatic heterocycles. The first kappa shape index (κ1) is 11.3. The molecule has 0 spiro atoms. The van der Waals surface area contributed by atoms with Gasteiger partial charge in [-0.15, -0.1) is 0 Å². The van der Waals surface area contributed by atoms with Crippen molar-refractivity contribution in [2.75, 3.05) is 13.1 Å². The molecule has 0 amide bonds. The van der Waals surface area contributed by atoms with Gasteiger partial charge in [0.15, 0.2) is 11.6 Å². The molecule has 1 saturated heterocycles. The van der Waals surface area contributed by atoms with Crippen LogP contribution in [0.4, 0.5) is 8.78 Å². The highest BCUT2D eigenvalue weighted by atomic mass is 19.1. The van der Waals surface area contributed by atoms with E-state index in [9.17, 15) is 8.78 Å². The number of nitrogens with one attached hydrogen (secondary N) is 1. The molecule has 1 aromatic carbocycles. The van der Waals surface area contributed by atoms with E-state index in [0.717, 1.165) is 37.7 Å². The van der Waals surface area contributed by atoms with Gasteiger partial charge < -0.3 is 10.1 Å². The van der Waals surface area contributed by atoms with Crippen LogP contribution in [0.2, 0.25) is 0 Å². The minimum absolute atomic E-state index is 0.0127. The molecule has 2 unspecified atom stereocenters. The largest absolute Gasteiger partial charge is 0.487 e. The third kappa shape index (κ3) is 2.50. The van der Waals surface area contributed by atoms with Gasteiger partial charge in [0, 0.05) is 18.5 Å². The first-order valence-electron chi connectivity index (χ1n) is 5.49. The van der Waals surface area contributed by atoms with Gasteiger partial charge in [-0.05, 0) is 25.1 Å². The molecule has 0 radical (unpaired) electrons. The summed E-state index contributed by atoms with van der Waals surface area (Å²) in [6, 6.07) is 3.29. The number of ether oxygens (including phenoxy) is 1. The predicted octanol–water partition coefficient (Wildman–Crippen LogP) is 2.34. The van der Waals surface area contributed by atoms with E-state index < -0.39 is 11.6 Å². The highest BCUT2D eigenvalue weighted by Crippen LogP contribution is 2.23. The van der Waals surface area contributed by atoms with Crippen molar-refractivity contribution in [3.8, 4) is 5.75 Å². The van der Waals surface area contributed by atoms with Crippen LogP contribution in [0.15, 0.2) is 18.2 Å². The van der Waals surface area contributed by atoms with Gasteiger partial charge in [0.2, 0.25) is 0 Å². The summed E-state index contributed by atoms with van der Waals surface area (Å²) in [6.45, 7) is 3.74. The van der Waals surface area contributed by atoms with Crippen molar-refractivity contribution in [1.29, 1.82) is 0 Å². The van der Waals surface area contributed by atoms with Crippen molar-refractivity contribution in [2.45, 2.75) is 19.4 Å². The molecular formula is C12H15F2NO. The van der Waals surface area contributed by atoms with Crippen molar-refractivity contribution < 1.29 is 13.5 Å². The van der Waals surface area contributed by atoms with Gasteiger partial charge in [-0.3, -0.25) is 0 Å². The van der Waals surface area contributed by atoms with E-state index >= 15 is 0 Å². The Balaban J connectivity index is 2.10. The maximum absolute atomic E-state index is 13.3. The van der Waals surface area contributed by atoms with Crippen LogP contribution >= 0.6 is 0 Å². The number of halogens is 2.